The first-order valence-electron chi connectivity index (χ1n) is 5.94. The van der Waals surface area contributed by atoms with Gasteiger partial charge in [-0.15, -0.1) is 0 Å². The fraction of sp³-hybridized carbons (Fsp3) is 0.357. The zero-order valence-corrected chi connectivity index (χ0v) is 10.7. The lowest BCUT2D eigenvalue weighted by Gasteiger charge is -2.02. The largest absolute Gasteiger partial charge is 0.497 e. The van der Waals surface area contributed by atoms with Gasteiger partial charge in [0.2, 0.25) is 5.91 Å². The number of rotatable bonds is 6. The number of carbonyl (C=O) groups excluding carboxylic acids is 1. The molecule has 0 heterocycles. The average molecular weight is 251 g/mol. The van der Waals surface area contributed by atoms with E-state index in [2.05, 4.69) is 5.32 Å². The Balaban J connectivity index is 2.53. The summed E-state index contributed by atoms with van der Waals surface area (Å²) >= 11 is 0. The molecule has 0 aliphatic rings. The van der Waals surface area contributed by atoms with Gasteiger partial charge in [-0.1, -0.05) is 19.1 Å². The summed E-state index contributed by atoms with van der Waals surface area (Å²) in [6, 6.07) is 4.53. The van der Waals surface area contributed by atoms with Gasteiger partial charge in [0.25, 0.3) is 0 Å². The van der Waals surface area contributed by atoms with Gasteiger partial charge in [-0.3, -0.25) is 4.79 Å². The second kappa shape index (κ2) is 7.48. The van der Waals surface area contributed by atoms with Gasteiger partial charge in [0.1, 0.15) is 11.6 Å². The quantitative estimate of drug-likeness (QED) is 0.844. The molecule has 0 unspecified atom stereocenters. The molecule has 0 fully saturated rings. The summed E-state index contributed by atoms with van der Waals surface area (Å²) in [7, 11) is 1.53. The SMILES string of the molecule is CCCC(=O)NC/C=C/c1cc(OC)ccc1F. The molecule has 0 saturated carbocycles. The third kappa shape index (κ3) is 4.57. The van der Waals surface area contributed by atoms with Gasteiger partial charge >= 0.3 is 0 Å². The smallest absolute Gasteiger partial charge is 0.220 e. The average Bonchev–Trinajstić information content (AvgIpc) is 2.37. The maximum absolute atomic E-state index is 13.4. The Morgan fingerprint density at radius 1 is 1.50 bits per heavy atom. The Labute approximate surface area is 107 Å². The second-order valence-electron chi connectivity index (χ2n) is 3.84. The van der Waals surface area contributed by atoms with Gasteiger partial charge in [0, 0.05) is 18.5 Å². The van der Waals surface area contributed by atoms with Gasteiger partial charge in [0.15, 0.2) is 0 Å². The number of benzene rings is 1. The van der Waals surface area contributed by atoms with Crippen LogP contribution in [0.5, 0.6) is 5.75 Å². The van der Waals surface area contributed by atoms with Crippen molar-refractivity contribution in [2.75, 3.05) is 13.7 Å². The van der Waals surface area contributed by atoms with E-state index >= 15 is 0 Å². The van der Waals surface area contributed by atoms with E-state index in [-0.39, 0.29) is 11.7 Å². The van der Waals surface area contributed by atoms with Crippen molar-refractivity contribution >= 4 is 12.0 Å². The van der Waals surface area contributed by atoms with Crippen molar-refractivity contribution in [3.63, 3.8) is 0 Å². The molecule has 1 N–H and O–H groups in total. The topological polar surface area (TPSA) is 38.3 Å². The number of amides is 1. The van der Waals surface area contributed by atoms with E-state index in [1.807, 2.05) is 6.92 Å². The Kier molecular flexibility index (Phi) is 5.91. The molecule has 0 aliphatic heterocycles. The molecule has 98 valence electrons. The zero-order chi connectivity index (χ0) is 13.4. The monoisotopic (exact) mass is 251 g/mol. The molecule has 1 rings (SSSR count). The number of methoxy groups -OCH3 is 1. The van der Waals surface area contributed by atoms with Crippen molar-refractivity contribution in [2.24, 2.45) is 0 Å². The van der Waals surface area contributed by atoms with Gasteiger partial charge in [-0.25, -0.2) is 4.39 Å². The highest BCUT2D eigenvalue weighted by atomic mass is 19.1. The normalized spacial score (nSPS) is 10.6. The number of ether oxygens (including phenoxy) is 1. The van der Waals surface area contributed by atoms with E-state index < -0.39 is 0 Å². The second-order valence-corrected chi connectivity index (χ2v) is 3.84. The van der Waals surface area contributed by atoms with Gasteiger partial charge in [-0.05, 0) is 24.6 Å². The summed E-state index contributed by atoms with van der Waals surface area (Å²) in [6.45, 7) is 2.34. The van der Waals surface area contributed by atoms with Crippen molar-refractivity contribution in [3.05, 3.63) is 35.7 Å². The minimum atomic E-state index is -0.313. The first-order chi connectivity index (χ1) is 8.67. The first-order valence-corrected chi connectivity index (χ1v) is 5.94. The predicted molar refractivity (Wildman–Crippen MR) is 69.9 cm³/mol. The molecule has 3 nitrogen and oxygen atoms in total. The third-order valence-electron chi connectivity index (χ3n) is 2.39. The highest BCUT2D eigenvalue weighted by Gasteiger charge is 2.00. The number of hydrogen-bond acceptors (Lipinski definition) is 2. The fourth-order valence-electron chi connectivity index (χ4n) is 1.45. The number of halogens is 1. The summed E-state index contributed by atoms with van der Waals surface area (Å²) in [4.78, 5) is 11.2. The minimum absolute atomic E-state index is 0.00765. The van der Waals surface area contributed by atoms with Gasteiger partial charge in [0.05, 0.1) is 7.11 Å². The van der Waals surface area contributed by atoms with E-state index in [1.54, 1.807) is 24.3 Å². The van der Waals surface area contributed by atoms with Gasteiger partial charge in [-0.2, -0.15) is 0 Å². The van der Waals surface area contributed by atoms with Crippen molar-refractivity contribution in [3.8, 4) is 5.75 Å². The van der Waals surface area contributed by atoms with E-state index in [4.69, 9.17) is 4.74 Å². The molecule has 0 atom stereocenters. The lowest BCUT2D eigenvalue weighted by molar-refractivity contribution is -0.120. The Hall–Kier alpha value is -1.84. The highest BCUT2D eigenvalue weighted by molar-refractivity contribution is 5.76. The Morgan fingerprint density at radius 2 is 2.28 bits per heavy atom. The lowest BCUT2D eigenvalue weighted by Crippen LogP contribution is -2.22. The molecule has 0 radical (unpaired) electrons. The van der Waals surface area contributed by atoms with Crippen LogP contribution in [0.25, 0.3) is 6.08 Å². The molecule has 1 aromatic rings. The van der Waals surface area contributed by atoms with Crippen molar-refractivity contribution in [1.29, 1.82) is 0 Å². The minimum Gasteiger partial charge on any atom is -0.497 e. The van der Waals surface area contributed by atoms with Crippen molar-refractivity contribution in [2.45, 2.75) is 19.8 Å². The molecule has 0 aliphatic carbocycles. The summed E-state index contributed by atoms with van der Waals surface area (Å²) in [6.07, 6.45) is 4.68. The van der Waals surface area contributed by atoms with Crippen LogP contribution in [0.15, 0.2) is 24.3 Å². The van der Waals surface area contributed by atoms with E-state index in [9.17, 15) is 9.18 Å². The standard InChI is InChI=1S/C14H18FNO2/c1-3-5-14(17)16-9-4-6-11-10-12(18-2)7-8-13(11)15/h4,6-8,10H,3,5,9H2,1-2H3,(H,16,17)/b6-4+. The molecule has 0 bridgehead atoms. The van der Waals surface area contributed by atoms with E-state index in [0.29, 0.717) is 24.3 Å². The van der Waals surface area contributed by atoms with Crippen LogP contribution >= 0.6 is 0 Å². The van der Waals surface area contributed by atoms with Crippen LogP contribution in [0.4, 0.5) is 4.39 Å². The molecule has 1 amide bonds. The summed E-state index contributed by atoms with van der Waals surface area (Å²) in [5, 5.41) is 2.72. The predicted octanol–water partition coefficient (Wildman–Crippen LogP) is 2.76. The van der Waals surface area contributed by atoms with E-state index in [1.165, 1.54) is 13.2 Å². The molecule has 1 aromatic carbocycles. The number of nitrogens with one attached hydrogen (secondary N) is 1. The maximum atomic E-state index is 13.4. The molecule has 4 heteroatoms. The summed E-state index contributed by atoms with van der Waals surface area (Å²) in [5.74, 6) is 0.297. The molecule has 0 aromatic heterocycles. The number of carbonyl (C=O) groups is 1. The van der Waals surface area contributed by atoms with Crippen LogP contribution in [0.2, 0.25) is 0 Å². The maximum Gasteiger partial charge on any atom is 0.220 e. The van der Waals surface area contributed by atoms with Crippen molar-refractivity contribution in [1.82, 2.24) is 5.32 Å². The number of hydrogen-bond donors (Lipinski definition) is 1. The molecular weight excluding hydrogens is 233 g/mol. The highest BCUT2D eigenvalue weighted by Crippen LogP contribution is 2.17. The van der Waals surface area contributed by atoms with Crippen LogP contribution < -0.4 is 10.1 Å². The molecule has 0 spiro atoms. The lowest BCUT2D eigenvalue weighted by atomic mass is 10.2. The van der Waals surface area contributed by atoms with Crippen LogP contribution in [0.1, 0.15) is 25.3 Å². The molecule has 18 heavy (non-hydrogen) atoms. The molecule has 0 saturated heterocycles. The van der Waals surface area contributed by atoms with Gasteiger partial charge < -0.3 is 10.1 Å². The van der Waals surface area contributed by atoms with Crippen LogP contribution in [-0.2, 0) is 4.79 Å². The Morgan fingerprint density at radius 3 is 2.94 bits per heavy atom. The van der Waals surface area contributed by atoms with Crippen LogP contribution in [0, 0.1) is 5.82 Å². The fourth-order valence-corrected chi connectivity index (χ4v) is 1.45. The van der Waals surface area contributed by atoms with E-state index in [0.717, 1.165) is 6.42 Å². The first kappa shape index (κ1) is 14.2. The van der Waals surface area contributed by atoms with Crippen molar-refractivity contribution < 1.29 is 13.9 Å². The third-order valence-corrected chi connectivity index (χ3v) is 2.39. The summed E-state index contributed by atoms with van der Waals surface area (Å²) < 4.78 is 18.4. The Bertz CT molecular complexity index is 430. The zero-order valence-electron chi connectivity index (χ0n) is 10.7. The summed E-state index contributed by atoms with van der Waals surface area (Å²) in [5.41, 5.74) is 0.444. The van der Waals surface area contributed by atoms with Crippen LogP contribution in [-0.4, -0.2) is 19.6 Å². The molecular formula is C14H18FNO2. The van der Waals surface area contributed by atoms with Crippen LogP contribution in [0.3, 0.4) is 0 Å².